The second-order valence-corrected chi connectivity index (χ2v) is 7.63. The number of thiazole rings is 1. The number of benzene rings is 1. The fraction of sp³-hybridized carbons (Fsp3) is 0.438. The van der Waals surface area contributed by atoms with Gasteiger partial charge in [-0.05, 0) is 18.2 Å². The van der Waals surface area contributed by atoms with Gasteiger partial charge < -0.3 is 5.32 Å². The predicted molar refractivity (Wildman–Crippen MR) is 92.8 cm³/mol. The molecule has 0 bridgehead atoms. The van der Waals surface area contributed by atoms with Crippen molar-refractivity contribution in [3.8, 4) is 0 Å². The average Bonchev–Trinajstić information content (AvgIpc) is 2.89. The van der Waals surface area contributed by atoms with Crippen LogP contribution in [-0.4, -0.2) is 11.5 Å². The number of aromatic nitrogens is 1. The third-order valence-corrected chi connectivity index (χ3v) is 4.98. The van der Waals surface area contributed by atoms with Crippen molar-refractivity contribution in [1.82, 2.24) is 10.3 Å². The van der Waals surface area contributed by atoms with Crippen LogP contribution in [0.4, 0.5) is 0 Å². The zero-order valence-electron chi connectivity index (χ0n) is 12.7. The van der Waals surface area contributed by atoms with Crippen LogP contribution in [0.15, 0.2) is 23.6 Å². The summed E-state index contributed by atoms with van der Waals surface area (Å²) in [4.78, 5) is 4.80. The summed E-state index contributed by atoms with van der Waals surface area (Å²) in [5.74, 6) is 0. The zero-order chi connectivity index (χ0) is 15.6. The SMILES string of the molecule is CCNC(c1nc(C(C)(C)C)cs1)c1cccc(Cl)c1Cl. The number of nitrogens with zero attached hydrogens (tertiary/aromatic N) is 1. The number of hydrogen-bond acceptors (Lipinski definition) is 3. The monoisotopic (exact) mass is 342 g/mol. The Morgan fingerprint density at radius 2 is 2.00 bits per heavy atom. The van der Waals surface area contributed by atoms with Gasteiger partial charge in [0.1, 0.15) is 5.01 Å². The Morgan fingerprint density at radius 3 is 2.57 bits per heavy atom. The van der Waals surface area contributed by atoms with Gasteiger partial charge in [-0.1, -0.05) is 63.0 Å². The van der Waals surface area contributed by atoms with E-state index in [1.54, 1.807) is 17.4 Å². The molecule has 1 heterocycles. The van der Waals surface area contributed by atoms with E-state index in [4.69, 9.17) is 28.2 Å². The van der Waals surface area contributed by atoms with Crippen LogP contribution in [0.2, 0.25) is 10.0 Å². The molecule has 114 valence electrons. The molecule has 0 aliphatic heterocycles. The van der Waals surface area contributed by atoms with E-state index in [1.807, 2.05) is 12.1 Å². The number of halogens is 2. The standard InChI is InChI=1S/C16H20Cl2N2S/c1-5-19-14(10-7-6-8-11(17)13(10)18)15-20-12(9-21-15)16(2,3)4/h6-9,14,19H,5H2,1-4H3. The lowest BCUT2D eigenvalue weighted by Gasteiger charge is -2.19. The summed E-state index contributed by atoms with van der Waals surface area (Å²) in [7, 11) is 0. The van der Waals surface area contributed by atoms with E-state index in [2.05, 4.69) is 38.4 Å². The number of rotatable bonds is 4. The topological polar surface area (TPSA) is 24.9 Å². The summed E-state index contributed by atoms with van der Waals surface area (Å²) < 4.78 is 0. The van der Waals surface area contributed by atoms with Crippen molar-refractivity contribution in [2.24, 2.45) is 0 Å². The van der Waals surface area contributed by atoms with E-state index in [1.165, 1.54) is 0 Å². The molecule has 0 aliphatic carbocycles. The number of hydrogen-bond donors (Lipinski definition) is 1. The predicted octanol–water partition coefficient (Wildman–Crippen LogP) is 5.45. The minimum Gasteiger partial charge on any atom is -0.304 e. The minimum absolute atomic E-state index is 0.0256. The molecule has 1 N–H and O–H groups in total. The number of nitrogens with one attached hydrogen (secondary N) is 1. The lowest BCUT2D eigenvalue weighted by molar-refractivity contribution is 0.562. The molecule has 1 aromatic carbocycles. The maximum Gasteiger partial charge on any atom is 0.114 e. The lowest BCUT2D eigenvalue weighted by Crippen LogP contribution is -2.22. The van der Waals surface area contributed by atoms with Crippen LogP contribution in [-0.2, 0) is 5.41 Å². The molecule has 2 nitrogen and oxygen atoms in total. The van der Waals surface area contributed by atoms with E-state index >= 15 is 0 Å². The van der Waals surface area contributed by atoms with E-state index in [-0.39, 0.29) is 11.5 Å². The van der Waals surface area contributed by atoms with Gasteiger partial charge >= 0.3 is 0 Å². The molecule has 21 heavy (non-hydrogen) atoms. The van der Waals surface area contributed by atoms with Crippen molar-refractivity contribution in [3.63, 3.8) is 0 Å². The summed E-state index contributed by atoms with van der Waals surface area (Å²) in [6, 6.07) is 5.70. The summed E-state index contributed by atoms with van der Waals surface area (Å²) >= 11 is 14.2. The Kier molecular flexibility index (Phi) is 5.31. The van der Waals surface area contributed by atoms with Gasteiger partial charge in [0.25, 0.3) is 0 Å². The molecule has 1 atom stereocenters. The summed E-state index contributed by atoms with van der Waals surface area (Å²) in [6.07, 6.45) is 0. The molecule has 1 unspecified atom stereocenters. The maximum absolute atomic E-state index is 6.38. The molecule has 0 saturated carbocycles. The molecular weight excluding hydrogens is 323 g/mol. The molecule has 0 fully saturated rings. The quantitative estimate of drug-likeness (QED) is 0.799. The molecule has 2 rings (SSSR count). The lowest BCUT2D eigenvalue weighted by atomic mass is 9.93. The smallest absolute Gasteiger partial charge is 0.114 e. The van der Waals surface area contributed by atoms with Crippen LogP contribution in [0.25, 0.3) is 0 Å². The average molecular weight is 343 g/mol. The third kappa shape index (κ3) is 3.78. The molecule has 0 spiro atoms. The van der Waals surface area contributed by atoms with Crippen LogP contribution < -0.4 is 5.32 Å². The fourth-order valence-corrected chi connectivity index (χ4v) is 3.60. The van der Waals surface area contributed by atoms with E-state index in [0.717, 1.165) is 22.8 Å². The Labute approximate surface area is 140 Å². The molecule has 0 amide bonds. The highest BCUT2D eigenvalue weighted by atomic mass is 35.5. The van der Waals surface area contributed by atoms with Crippen LogP contribution in [0.1, 0.15) is 50.0 Å². The Balaban J connectivity index is 2.44. The van der Waals surface area contributed by atoms with E-state index < -0.39 is 0 Å². The van der Waals surface area contributed by atoms with Gasteiger partial charge in [-0.25, -0.2) is 4.98 Å². The second-order valence-electron chi connectivity index (χ2n) is 5.95. The Bertz CT molecular complexity index is 617. The van der Waals surface area contributed by atoms with Crippen LogP contribution in [0.3, 0.4) is 0 Å². The van der Waals surface area contributed by atoms with Crippen LogP contribution >= 0.6 is 34.5 Å². The van der Waals surface area contributed by atoms with Crippen molar-refractivity contribution in [3.05, 3.63) is 49.9 Å². The highest BCUT2D eigenvalue weighted by Crippen LogP contribution is 2.35. The van der Waals surface area contributed by atoms with Crippen molar-refractivity contribution in [2.75, 3.05) is 6.54 Å². The van der Waals surface area contributed by atoms with E-state index in [0.29, 0.717) is 10.0 Å². The molecular formula is C16H20Cl2N2S. The van der Waals surface area contributed by atoms with Gasteiger partial charge in [0.2, 0.25) is 0 Å². The Hall–Kier alpha value is -0.610. The van der Waals surface area contributed by atoms with Gasteiger partial charge in [-0.15, -0.1) is 11.3 Å². The Morgan fingerprint density at radius 1 is 1.29 bits per heavy atom. The molecule has 0 aliphatic rings. The zero-order valence-corrected chi connectivity index (χ0v) is 15.0. The fourth-order valence-electron chi connectivity index (χ4n) is 2.04. The first-order valence-corrected chi connectivity index (χ1v) is 8.61. The van der Waals surface area contributed by atoms with E-state index in [9.17, 15) is 0 Å². The molecule has 0 radical (unpaired) electrons. The first kappa shape index (κ1) is 16.8. The van der Waals surface area contributed by atoms with Crippen LogP contribution in [0, 0.1) is 0 Å². The molecule has 5 heteroatoms. The van der Waals surface area contributed by atoms with Gasteiger partial charge in [0.05, 0.1) is 21.8 Å². The van der Waals surface area contributed by atoms with Gasteiger partial charge in [-0.2, -0.15) is 0 Å². The normalized spacial score (nSPS) is 13.4. The first-order valence-electron chi connectivity index (χ1n) is 6.97. The van der Waals surface area contributed by atoms with Crippen molar-refractivity contribution in [2.45, 2.75) is 39.2 Å². The molecule has 1 aromatic heterocycles. The summed E-state index contributed by atoms with van der Waals surface area (Å²) in [6.45, 7) is 9.41. The summed E-state index contributed by atoms with van der Waals surface area (Å²) in [5, 5.41) is 7.76. The molecule has 2 aromatic rings. The third-order valence-electron chi connectivity index (χ3n) is 3.24. The van der Waals surface area contributed by atoms with Gasteiger partial charge in [0.15, 0.2) is 0 Å². The van der Waals surface area contributed by atoms with Gasteiger partial charge in [0, 0.05) is 10.8 Å². The van der Waals surface area contributed by atoms with Crippen molar-refractivity contribution >= 4 is 34.5 Å². The maximum atomic E-state index is 6.38. The molecule has 0 saturated heterocycles. The summed E-state index contributed by atoms with van der Waals surface area (Å²) in [5.41, 5.74) is 2.12. The second kappa shape index (κ2) is 6.66. The van der Waals surface area contributed by atoms with Gasteiger partial charge in [-0.3, -0.25) is 0 Å². The van der Waals surface area contributed by atoms with Crippen LogP contribution in [0.5, 0.6) is 0 Å². The van der Waals surface area contributed by atoms with Crippen molar-refractivity contribution < 1.29 is 0 Å². The van der Waals surface area contributed by atoms with Crippen molar-refractivity contribution in [1.29, 1.82) is 0 Å². The minimum atomic E-state index is -0.0256. The largest absolute Gasteiger partial charge is 0.304 e. The highest BCUT2D eigenvalue weighted by molar-refractivity contribution is 7.09. The highest BCUT2D eigenvalue weighted by Gasteiger charge is 2.24. The first-order chi connectivity index (χ1) is 9.84.